The molecule has 1 aromatic rings. The molecule has 1 aliphatic carbocycles. The van der Waals surface area contributed by atoms with Crippen molar-refractivity contribution in [2.45, 2.75) is 32.4 Å². The molecule has 1 heterocycles. The van der Waals surface area contributed by atoms with Crippen molar-refractivity contribution < 1.29 is 5.11 Å². The minimum absolute atomic E-state index is 0.135. The normalized spacial score (nSPS) is 26.2. The van der Waals surface area contributed by atoms with E-state index in [-0.39, 0.29) is 17.6 Å². The zero-order valence-corrected chi connectivity index (χ0v) is 10.5. The second-order valence-electron chi connectivity index (χ2n) is 4.80. The van der Waals surface area contributed by atoms with E-state index in [0.717, 1.165) is 0 Å². The average Bonchev–Trinajstić information content (AvgIpc) is 2.31. The standard InChI is InChI=1S/C10H16ClN5O/c1-10(2)6(3-7(10)17)14-8-5(11)4-13-9(15-8)16-12/h4,6-7,17H,3,12H2,1-2H3,(H2,13,14,15,16). The number of nitrogens with two attached hydrogens (primary N) is 1. The number of nitrogen functional groups attached to an aromatic ring is 1. The van der Waals surface area contributed by atoms with Crippen LogP contribution in [0.2, 0.25) is 5.02 Å². The van der Waals surface area contributed by atoms with Crippen molar-refractivity contribution in [3.8, 4) is 0 Å². The third-order valence-corrected chi connectivity index (χ3v) is 3.68. The Bertz CT molecular complexity index is 425. The van der Waals surface area contributed by atoms with Crippen LogP contribution in [0.4, 0.5) is 11.8 Å². The van der Waals surface area contributed by atoms with Crippen LogP contribution in [0, 0.1) is 5.41 Å². The highest BCUT2D eigenvalue weighted by molar-refractivity contribution is 6.32. The first-order valence-electron chi connectivity index (χ1n) is 5.39. The fraction of sp³-hybridized carbons (Fsp3) is 0.600. The van der Waals surface area contributed by atoms with E-state index in [2.05, 4.69) is 20.7 Å². The molecule has 0 amide bonds. The van der Waals surface area contributed by atoms with Crippen LogP contribution < -0.4 is 16.6 Å². The number of aliphatic hydroxyl groups is 1. The third-order valence-electron chi connectivity index (χ3n) is 3.40. The summed E-state index contributed by atoms with van der Waals surface area (Å²) >= 11 is 5.99. The molecule has 1 saturated carbocycles. The van der Waals surface area contributed by atoms with Crippen LogP contribution >= 0.6 is 11.6 Å². The summed E-state index contributed by atoms with van der Waals surface area (Å²) in [6, 6.07) is 0.135. The molecule has 2 unspecified atom stereocenters. The molecule has 2 rings (SSSR count). The molecule has 94 valence electrons. The first kappa shape index (κ1) is 12.3. The molecule has 0 aliphatic heterocycles. The lowest BCUT2D eigenvalue weighted by atomic mass is 9.64. The van der Waals surface area contributed by atoms with Gasteiger partial charge in [-0.15, -0.1) is 0 Å². The molecule has 17 heavy (non-hydrogen) atoms. The van der Waals surface area contributed by atoms with Gasteiger partial charge < -0.3 is 10.4 Å². The van der Waals surface area contributed by atoms with Gasteiger partial charge in [-0.3, -0.25) is 5.43 Å². The summed E-state index contributed by atoms with van der Waals surface area (Å²) in [5.41, 5.74) is 2.17. The van der Waals surface area contributed by atoms with Crippen molar-refractivity contribution in [1.82, 2.24) is 9.97 Å². The third kappa shape index (κ3) is 2.15. The molecule has 5 N–H and O–H groups in total. The number of rotatable bonds is 3. The molecule has 1 aromatic heterocycles. The Labute approximate surface area is 105 Å². The van der Waals surface area contributed by atoms with Crippen LogP contribution in [0.1, 0.15) is 20.3 Å². The molecule has 0 aromatic carbocycles. The summed E-state index contributed by atoms with van der Waals surface area (Å²) in [5.74, 6) is 6.06. The van der Waals surface area contributed by atoms with Crippen molar-refractivity contribution in [3.05, 3.63) is 11.2 Å². The van der Waals surface area contributed by atoms with Gasteiger partial charge in [-0.1, -0.05) is 25.4 Å². The number of hydrogen-bond donors (Lipinski definition) is 4. The highest BCUT2D eigenvalue weighted by Gasteiger charge is 2.47. The molecule has 0 bridgehead atoms. The van der Waals surface area contributed by atoms with E-state index in [9.17, 15) is 5.11 Å². The number of aliphatic hydroxyl groups excluding tert-OH is 1. The molecule has 0 radical (unpaired) electrons. The predicted molar refractivity (Wildman–Crippen MR) is 66.7 cm³/mol. The van der Waals surface area contributed by atoms with Crippen molar-refractivity contribution >= 4 is 23.4 Å². The fourth-order valence-corrected chi connectivity index (χ4v) is 2.00. The topological polar surface area (TPSA) is 96.1 Å². The van der Waals surface area contributed by atoms with Gasteiger partial charge in [-0.05, 0) is 6.42 Å². The predicted octanol–water partition coefficient (Wildman–Crippen LogP) is 0.987. The van der Waals surface area contributed by atoms with Crippen molar-refractivity contribution in [3.63, 3.8) is 0 Å². The van der Waals surface area contributed by atoms with E-state index in [1.54, 1.807) is 0 Å². The summed E-state index contributed by atoms with van der Waals surface area (Å²) < 4.78 is 0. The Morgan fingerprint density at radius 1 is 1.59 bits per heavy atom. The molecule has 0 spiro atoms. The van der Waals surface area contributed by atoms with E-state index in [4.69, 9.17) is 17.4 Å². The maximum Gasteiger partial charge on any atom is 0.239 e. The summed E-state index contributed by atoms with van der Waals surface area (Å²) in [6.07, 6.45) is 1.86. The zero-order valence-electron chi connectivity index (χ0n) is 9.74. The molecule has 6 nitrogen and oxygen atoms in total. The first-order chi connectivity index (χ1) is 7.95. The highest BCUT2D eigenvalue weighted by Crippen LogP contribution is 2.42. The lowest BCUT2D eigenvalue weighted by molar-refractivity contribution is -0.0511. The fourth-order valence-electron chi connectivity index (χ4n) is 1.85. The number of aromatic nitrogens is 2. The highest BCUT2D eigenvalue weighted by atomic mass is 35.5. The van der Waals surface area contributed by atoms with E-state index in [1.165, 1.54) is 6.20 Å². The monoisotopic (exact) mass is 257 g/mol. The van der Waals surface area contributed by atoms with Crippen LogP contribution in [0.25, 0.3) is 0 Å². The van der Waals surface area contributed by atoms with E-state index >= 15 is 0 Å². The van der Waals surface area contributed by atoms with E-state index < -0.39 is 0 Å². The van der Waals surface area contributed by atoms with Crippen LogP contribution in [0.15, 0.2) is 6.20 Å². The summed E-state index contributed by atoms with van der Waals surface area (Å²) in [6.45, 7) is 3.99. The van der Waals surface area contributed by atoms with Crippen molar-refractivity contribution in [2.75, 3.05) is 10.7 Å². The Hall–Kier alpha value is -1.11. The molecule has 0 saturated heterocycles. The molecule has 2 atom stereocenters. The van der Waals surface area contributed by atoms with Gasteiger partial charge in [-0.2, -0.15) is 4.98 Å². The molecule has 1 fully saturated rings. The lowest BCUT2D eigenvalue weighted by Gasteiger charge is -2.49. The van der Waals surface area contributed by atoms with Gasteiger partial charge in [0.15, 0.2) is 5.82 Å². The second-order valence-corrected chi connectivity index (χ2v) is 5.21. The maximum atomic E-state index is 9.66. The van der Waals surface area contributed by atoms with E-state index in [1.807, 2.05) is 13.8 Å². The zero-order chi connectivity index (χ0) is 12.6. The smallest absolute Gasteiger partial charge is 0.239 e. The first-order valence-corrected chi connectivity index (χ1v) is 5.76. The summed E-state index contributed by atoms with van der Waals surface area (Å²) in [4.78, 5) is 8.02. The van der Waals surface area contributed by atoms with Gasteiger partial charge in [0, 0.05) is 11.5 Å². The van der Waals surface area contributed by atoms with Crippen LogP contribution in [0.3, 0.4) is 0 Å². The quantitative estimate of drug-likeness (QED) is 0.476. The maximum absolute atomic E-state index is 9.66. The van der Waals surface area contributed by atoms with Crippen LogP contribution in [0.5, 0.6) is 0 Å². The minimum atomic E-state index is -0.298. The molecule has 7 heteroatoms. The summed E-state index contributed by atoms with van der Waals surface area (Å²) in [5, 5.41) is 13.3. The number of halogens is 1. The van der Waals surface area contributed by atoms with Crippen LogP contribution in [-0.2, 0) is 0 Å². The van der Waals surface area contributed by atoms with Gasteiger partial charge in [0.25, 0.3) is 0 Å². The number of hydrogen-bond acceptors (Lipinski definition) is 6. The van der Waals surface area contributed by atoms with Gasteiger partial charge in [0.1, 0.15) is 5.02 Å². The molecule has 1 aliphatic rings. The van der Waals surface area contributed by atoms with Crippen molar-refractivity contribution in [2.24, 2.45) is 11.3 Å². The minimum Gasteiger partial charge on any atom is -0.392 e. The molecular weight excluding hydrogens is 242 g/mol. The van der Waals surface area contributed by atoms with Gasteiger partial charge in [-0.25, -0.2) is 10.8 Å². The number of nitrogens with one attached hydrogen (secondary N) is 2. The van der Waals surface area contributed by atoms with Crippen LogP contribution in [-0.4, -0.2) is 27.2 Å². The van der Waals surface area contributed by atoms with Gasteiger partial charge >= 0.3 is 0 Å². The number of nitrogens with zero attached hydrogens (tertiary/aromatic N) is 2. The molecular formula is C10H16ClN5O. The Morgan fingerprint density at radius 3 is 2.82 bits per heavy atom. The van der Waals surface area contributed by atoms with E-state index in [0.29, 0.717) is 23.2 Å². The van der Waals surface area contributed by atoms with Gasteiger partial charge in [0.2, 0.25) is 5.95 Å². The summed E-state index contributed by atoms with van der Waals surface area (Å²) in [7, 11) is 0. The SMILES string of the molecule is CC1(C)C(O)CC1Nc1nc(NN)ncc1Cl. The van der Waals surface area contributed by atoms with Gasteiger partial charge in [0.05, 0.1) is 12.3 Å². The Balaban J connectivity index is 2.14. The Morgan fingerprint density at radius 2 is 2.29 bits per heavy atom. The second kappa shape index (κ2) is 4.29. The number of anilines is 2. The number of hydrazine groups is 1. The lowest BCUT2D eigenvalue weighted by Crippen LogP contribution is -2.57. The largest absolute Gasteiger partial charge is 0.392 e. The van der Waals surface area contributed by atoms with Crippen molar-refractivity contribution in [1.29, 1.82) is 0 Å². The average molecular weight is 258 g/mol. The Kier molecular flexibility index (Phi) is 3.11.